The second-order valence-electron chi connectivity index (χ2n) is 4.37. The molecule has 2 atom stereocenters. The van der Waals surface area contributed by atoms with Crippen molar-refractivity contribution in [3.63, 3.8) is 0 Å². The lowest BCUT2D eigenvalue weighted by atomic mass is 10.0. The number of para-hydroxylation sites is 1. The number of nitrogens with zero attached hydrogens (tertiary/aromatic N) is 1. The number of rotatable bonds is 7. The molecule has 0 aliphatic carbocycles. The summed E-state index contributed by atoms with van der Waals surface area (Å²) >= 11 is 2.00. The molecule has 1 aromatic carbocycles. The van der Waals surface area contributed by atoms with Gasteiger partial charge in [-0.05, 0) is 12.1 Å². The number of carbonyl (C=O) groups is 3. The Bertz CT molecular complexity index is 695. The van der Waals surface area contributed by atoms with Crippen molar-refractivity contribution in [2.75, 3.05) is 0 Å². The summed E-state index contributed by atoms with van der Waals surface area (Å²) in [6, 6.07) is 7.18. The zero-order valence-corrected chi connectivity index (χ0v) is 12.6. The highest BCUT2D eigenvalue weighted by atomic mass is 32.2. The monoisotopic (exact) mass is 341 g/mol. The highest BCUT2D eigenvalue weighted by Crippen LogP contribution is 2.35. The largest absolute Gasteiger partial charge is 0.481 e. The highest BCUT2D eigenvalue weighted by molar-refractivity contribution is 8.02. The topological polar surface area (TPSA) is 125 Å². The van der Waals surface area contributed by atoms with Gasteiger partial charge in [0.1, 0.15) is 5.25 Å². The van der Waals surface area contributed by atoms with E-state index in [1.807, 2.05) is 12.1 Å². The molecule has 0 aliphatic heterocycles. The lowest BCUT2D eigenvalue weighted by Gasteiger charge is -2.17. The fourth-order valence-electron chi connectivity index (χ4n) is 1.83. The summed E-state index contributed by atoms with van der Waals surface area (Å²) in [6.45, 7) is 0. The lowest BCUT2D eigenvalue weighted by molar-refractivity contribution is -0.151. The second kappa shape index (κ2) is 6.75. The van der Waals surface area contributed by atoms with Gasteiger partial charge < -0.3 is 15.3 Å². The minimum absolute atomic E-state index is 0.394. The molecule has 7 nitrogen and oxygen atoms in total. The fourth-order valence-corrected chi connectivity index (χ4v) is 4.14. The van der Waals surface area contributed by atoms with E-state index in [0.29, 0.717) is 9.86 Å². The summed E-state index contributed by atoms with van der Waals surface area (Å²) in [5, 5.41) is 25.7. The average molecular weight is 341 g/mol. The number of carboxylic acid groups (broad SMARTS) is 3. The predicted molar refractivity (Wildman–Crippen MR) is 80.3 cm³/mol. The number of hydrogen-bond donors (Lipinski definition) is 3. The summed E-state index contributed by atoms with van der Waals surface area (Å²) in [7, 11) is 0. The van der Waals surface area contributed by atoms with Gasteiger partial charge in [0, 0.05) is 0 Å². The minimum atomic E-state index is -1.54. The van der Waals surface area contributed by atoms with E-state index in [2.05, 4.69) is 4.98 Å². The van der Waals surface area contributed by atoms with Gasteiger partial charge >= 0.3 is 17.9 Å². The molecule has 0 saturated carbocycles. The molecule has 0 amide bonds. The SMILES string of the molecule is O=C(O)CC(C(=O)O)C(Sc1nc2ccccc2s1)C(=O)O. The molecule has 116 valence electrons. The average Bonchev–Trinajstić information content (AvgIpc) is 2.84. The van der Waals surface area contributed by atoms with Crippen LogP contribution < -0.4 is 0 Å². The molecule has 0 saturated heterocycles. The number of aliphatic carboxylic acids is 3. The Morgan fingerprint density at radius 2 is 1.82 bits per heavy atom. The molecular formula is C13H11NO6S2. The maximum absolute atomic E-state index is 11.3. The van der Waals surface area contributed by atoms with Gasteiger partial charge in [-0.1, -0.05) is 23.9 Å². The van der Waals surface area contributed by atoms with Crippen LogP contribution in [0.15, 0.2) is 28.6 Å². The van der Waals surface area contributed by atoms with Gasteiger partial charge in [-0.25, -0.2) is 4.98 Å². The first-order valence-electron chi connectivity index (χ1n) is 6.08. The van der Waals surface area contributed by atoms with Crippen molar-refractivity contribution >= 4 is 51.2 Å². The van der Waals surface area contributed by atoms with E-state index in [9.17, 15) is 19.5 Å². The van der Waals surface area contributed by atoms with Crippen molar-refractivity contribution in [1.29, 1.82) is 0 Å². The maximum atomic E-state index is 11.3. The number of benzene rings is 1. The van der Waals surface area contributed by atoms with Crippen LogP contribution in [0.2, 0.25) is 0 Å². The standard InChI is InChI=1S/C13H11NO6S2/c15-9(16)5-6(11(17)18)10(12(19)20)22-13-14-7-3-1-2-4-8(7)21-13/h1-4,6,10H,5H2,(H,15,16)(H,17,18)(H,19,20). The van der Waals surface area contributed by atoms with Crippen molar-refractivity contribution in [3.05, 3.63) is 24.3 Å². The van der Waals surface area contributed by atoms with E-state index < -0.39 is 35.5 Å². The molecule has 22 heavy (non-hydrogen) atoms. The summed E-state index contributed by atoms with van der Waals surface area (Å²) < 4.78 is 1.24. The Hall–Kier alpha value is -2.13. The summed E-state index contributed by atoms with van der Waals surface area (Å²) in [4.78, 5) is 37.5. The Kier molecular flexibility index (Phi) is 4.99. The van der Waals surface area contributed by atoms with Crippen molar-refractivity contribution in [2.24, 2.45) is 5.92 Å². The van der Waals surface area contributed by atoms with Gasteiger partial charge in [0.2, 0.25) is 0 Å². The smallest absolute Gasteiger partial charge is 0.317 e. The number of carboxylic acids is 3. The van der Waals surface area contributed by atoms with Crippen LogP contribution >= 0.6 is 23.1 Å². The highest BCUT2D eigenvalue weighted by Gasteiger charge is 2.37. The van der Waals surface area contributed by atoms with E-state index in [0.717, 1.165) is 16.5 Å². The van der Waals surface area contributed by atoms with E-state index >= 15 is 0 Å². The van der Waals surface area contributed by atoms with Crippen LogP contribution in [0.4, 0.5) is 0 Å². The number of thioether (sulfide) groups is 1. The molecule has 0 spiro atoms. The lowest BCUT2D eigenvalue weighted by Crippen LogP contribution is -2.34. The first-order chi connectivity index (χ1) is 10.4. The zero-order chi connectivity index (χ0) is 16.3. The number of aromatic nitrogens is 1. The molecule has 0 aliphatic rings. The summed E-state index contributed by atoms with van der Waals surface area (Å²) in [5.41, 5.74) is 0.684. The van der Waals surface area contributed by atoms with Crippen LogP contribution in [-0.2, 0) is 14.4 Å². The number of fused-ring (bicyclic) bond motifs is 1. The second-order valence-corrected chi connectivity index (χ2v) is 6.79. The number of hydrogen-bond acceptors (Lipinski definition) is 6. The maximum Gasteiger partial charge on any atom is 0.317 e. The first-order valence-corrected chi connectivity index (χ1v) is 7.77. The zero-order valence-electron chi connectivity index (χ0n) is 11.0. The van der Waals surface area contributed by atoms with Gasteiger partial charge in [0.25, 0.3) is 0 Å². The van der Waals surface area contributed by atoms with Gasteiger partial charge in [-0.15, -0.1) is 11.3 Å². The first kappa shape index (κ1) is 16.2. The van der Waals surface area contributed by atoms with Crippen molar-refractivity contribution in [2.45, 2.75) is 16.0 Å². The van der Waals surface area contributed by atoms with E-state index in [4.69, 9.17) is 10.2 Å². The van der Waals surface area contributed by atoms with Crippen LogP contribution in [0.25, 0.3) is 10.2 Å². The van der Waals surface area contributed by atoms with Gasteiger partial charge in [-0.3, -0.25) is 14.4 Å². The van der Waals surface area contributed by atoms with E-state index in [1.54, 1.807) is 12.1 Å². The third-order valence-electron chi connectivity index (χ3n) is 2.82. The molecule has 9 heteroatoms. The van der Waals surface area contributed by atoms with Crippen LogP contribution in [0.3, 0.4) is 0 Å². The Morgan fingerprint density at radius 1 is 1.14 bits per heavy atom. The van der Waals surface area contributed by atoms with Crippen LogP contribution in [0, 0.1) is 5.92 Å². The summed E-state index contributed by atoms with van der Waals surface area (Å²) in [6.07, 6.45) is -0.760. The predicted octanol–water partition coefficient (Wildman–Crippen LogP) is 2.02. The Balaban J connectivity index is 2.28. The van der Waals surface area contributed by atoms with Crippen molar-refractivity contribution < 1.29 is 29.7 Å². The Morgan fingerprint density at radius 3 is 2.36 bits per heavy atom. The normalized spacial score (nSPS) is 13.6. The van der Waals surface area contributed by atoms with Gasteiger partial charge in [0.15, 0.2) is 4.34 Å². The van der Waals surface area contributed by atoms with Crippen LogP contribution in [0.1, 0.15) is 6.42 Å². The third kappa shape index (κ3) is 3.74. The molecule has 1 heterocycles. The number of thiazole rings is 1. The minimum Gasteiger partial charge on any atom is -0.481 e. The van der Waals surface area contributed by atoms with E-state index in [1.165, 1.54) is 11.3 Å². The Labute approximate surface area is 132 Å². The van der Waals surface area contributed by atoms with Crippen molar-refractivity contribution in [3.8, 4) is 0 Å². The molecule has 2 aromatic rings. The van der Waals surface area contributed by atoms with Crippen molar-refractivity contribution in [1.82, 2.24) is 4.98 Å². The van der Waals surface area contributed by atoms with Crippen LogP contribution in [-0.4, -0.2) is 43.5 Å². The molecule has 1 aromatic heterocycles. The molecule has 2 unspecified atom stereocenters. The molecule has 0 radical (unpaired) electrons. The van der Waals surface area contributed by atoms with Gasteiger partial charge in [-0.2, -0.15) is 0 Å². The molecule has 2 rings (SSSR count). The van der Waals surface area contributed by atoms with Crippen LogP contribution in [0.5, 0.6) is 0 Å². The quantitative estimate of drug-likeness (QED) is 0.653. The van der Waals surface area contributed by atoms with Gasteiger partial charge in [0.05, 0.1) is 22.6 Å². The molecule has 0 fully saturated rings. The summed E-state index contributed by atoms with van der Waals surface area (Å²) in [5.74, 6) is -5.73. The molecule has 3 N–H and O–H groups in total. The molecule has 0 bridgehead atoms. The fraction of sp³-hybridized carbons (Fsp3) is 0.231. The third-order valence-corrected chi connectivity index (χ3v) is 5.27. The van der Waals surface area contributed by atoms with E-state index in [-0.39, 0.29) is 0 Å². The molecular weight excluding hydrogens is 330 g/mol.